The van der Waals surface area contributed by atoms with E-state index in [-0.39, 0.29) is 26.2 Å². The van der Waals surface area contributed by atoms with Crippen LogP contribution in [0.4, 0.5) is 31.1 Å². The highest BCUT2D eigenvalue weighted by molar-refractivity contribution is 7.89. The van der Waals surface area contributed by atoms with Crippen LogP contribution in [0.3, 0.4) is 0 Å². The molecule has 1 aliphatic rings. The normalized spacial score (nSPS) is 18.0. The van der Waals surface area contributed by atoms with Crippen molar-refractivity contribution in [2.24, 2.45) is 0 Å². The van der Waals surface area contributed by atoms with Gasteiger partial charge in [-0.3, -0.25) is 0 Å². The van der Waals surface area contributed by atoms with Gasteiger partial charge in [0.1, 0.15) is 0 Å². The van der Waals surface area contributed by atoms with E-state index in [1.807, 2.05) is 0 Å². The summed E-state index contributed by atoms with van der Waals surface area (Å²) in [4.78, 5) is 12.1. The zero-order valence-corrected chi connectivity index (χ0v) is 15.2. The summed E-state index contributed by atoms with van der Waals surface area (Å²) >= 11 is 0. The molecule has 28 heavy (non-hydrogen) atoms. The van der Waals surface area contributed by atoms with Crippen molar-refractivity contribution in [2.75, 3.05) is 26.2 Å². The molecule has 0 saturated carbocycles. The van der Waals surface area contributed by atoms with Crippen LogP contribution < -0.4 is 0 Å². The van der Waals surface area contributed by atoms with E-state index in [1.165, 1.54) is 0 Å². The third kappa shape index (κ3) is 5.07. The Morgan fingerprint density at radius 1 is 1.07 bits per heavy atom. The van der Waals surface area contributed by atoms with Crippen molar-refractivity contribution in [1.82, 2.24) is 9.21 Å². The van der Waals surface area contributed by atoms with Gasteiger partial charge in [-0.2, -0.15) is 30.6 Å². The standard InChI is InChI=1S/C15H16F6N2O4S/c1-10(14(16,17)18)27-13(24)22-5-7-23(8-6-22)28(25,26)12-4-2-3-11(9-12)15(19,20)21/h2-4,9-10H,5-8H2,1H3. The molecular weight excluding hydrogens is 418 g/mol. The van der Waals surface area contributed by atoms with Gasteiger partial charge in [0.2, 0.25) is 10.0 Å². The van der Waals surface area contributed by atoms with Crippen molar-refractivity contribution in [1.29, 1.82) is 0 Å². The van der Waals surface area contributed by atoms with E-state index in [2.05, 4.69) is 4.74 Å². The van der Waals surface area contributed by atoms with E-state index >= 15 is 0 Å². The minimum Gasteiger partial charge on any atom is -0.437 e. The highest BCUT2D eigenvalue weighted by Crippen LogP contribution is 2.31. The average Bonchev–Trinajstić information content (AvgIpc) is 2.60. The molecule has 1 atom stereocenters. The maximum Gasteiger partial charge on any atom is 0.425 e. The van der Waals surface area contributed by atoms with Crippen LogP contribution in [0.1, 0.15) is 12.5 Å². The molecule has 0 aliphatic carbocycles. The Morgan fingerprint density at radius 3 is 2.14 bits per heavy atom. The van der Waals surface area contributed by atoms with Crippen LogP contribution >= 0.6 is 0 Å². The number of benzene rings is 1. The SMILES string of the molecule is CC(OC(=O)N1CCN(S(=O)(=O)c2cccc(C(F)(F)F)c2)CC1)C(F)(F)F. The first kappa shape index (κ1) is 22.3. The van der Waals surface area contributed by atoms with Crippen LogP contribution in [0.15, 0.2) is 29.2 Å². The monoisotopic (exact) mass is 434 g/mol. The minimum atomic E-state index is -4.73. The fraction of sp³-hybridized carbons (Fsp3) is 0.533. The fourth-order valence-electron chi connectivity index (χ4n) is 2.39. The Morgan fingerprint density at radius 2 is 1.64 bits per heavy atom. The van der Waals surface area contributed by atoms with Gasteiger partial charge in [0, 0.05) is 26.2 Å². The molecule has 1 fully saturated rings. The summed E-state index contributed by atoms with van der Waals surface area (Å²) in [6, 6.07) is 3.20. The summed E-state index contributed by atoms with van der Waals surface area (Å²) in [7, 11) is -4.27. The second-order valence-corrected chi connectivity index (χ2v) is 7.92. The molecule has 13 heteroatoms. The summed E-state index contributed by atoms with van der Waals surface area (Å²) in [6.45, 7) is -0.461. The van der Waals surface area contributed by atoms with E-state index in [1.54, 1.807) is 0 Å². The van der Waals surface area contributed by atoms with Gasteiger partial charge in [0.25, 0.3) is 0 Å². The first-order valence-electron chi connectivity index (χ1n) is 7.92. The number of piperazine rings is 1. The van der Waals surface area contributed by atoms with Crippen molar-refractivity contribution >= 4 is 16.1 Å². The number of rotatable bonds is 3. The minimum absolute atomic E-state index is 0.262. The lowest BCUT2D eigenvalue weighted by atomic mass is 10.2. The van der Waals surface area contributed by atoms with Gasteiger partial charge < -0.3 is 9.64 Å². The molecule has 1 heterocycles. The number of amides is 1. The molecule has 158 valence electrons. The highest BCUT2D eigenvalue weighted by Gasteiger charge is 2.41. The van der Waals surface area contributed by atoms with Gasteiger partial charge in [0.15, 0.2) is 6.10 Å². The highest BCUT2D eigenvalue weighted by atomic mass is 32.2. The lowest BCUT2D eigenvalue weighted by molar-refractivity contribution is -0.199. The number of alkyl halides is 6. The third-order valence-corrected chi connectivity index (χ3v) is 5.93. The van der Waals surface area contributed by atoms with E-state index < -0.39 is 45.0 Å². The molecule has 1 aromatic rings. The summed E-state index contributed by atoms with van der Waals surface area (Å²) in [5, 5.41) is 0. The quantitative estimate of drug-likeness (QED) is 0.686. The molecule has 1 aromatic carbocycles. The van der Waals surface area contributed by atoms with Gasteiger partial charge in [-0.15, -0.1) is 0 Å². The number of sulfonamides is 1. The molecule has 1 amide bonds. The van der Waals surface area contributed by atoms with Crippen molar-refractivity contribution < 1.29 is 44.3 Å². The van der Waals surface area contributed by atoms with Crippen LogP contribution in [-0.4, -0.2) is 62.2 Å². The van der Waals surface area contributed by atoms with E-state index in [9.17, 15) is 39.6 Å². The molecule has 1 saturated heterocycles. The van der Waals surface area contributed by atoms with Gasteiger partial charge in [-0.05, 0) is 25.1 Å². The molecule has 0 spiro atoms. The zero-order valence-electron chi connectivity index (χ0n) is 14.4. The molecule has 6 nitrogen and oxygen atoms in total. The Labute approximate surface area is 156 Å². The molecule has 1 aliphatic heterocycles. The van der Waals surface area contributed by atoms with Crippen LogP contribution in [0, 0.1) is 0 Å². The number of hydrogen-bond acceptors (Lipinski definition) is 4. The molecular formula is C15H16F6N2O4S. The van der Waals surface area contributed by atoms with Gasteiger partial charge in [-0.25, -0.2) is 13.2 Å². The Hall–Kier alpha value is -2.02. The third-order valence-electron chi connectivity index (χ3n) is 4.03. The Balaban J connectivity index is 2.05. The molecule has 0 bridgehead atoms. The van der Waals surface area contributed by atoms with Gasteiger partial charge in [-0.1, -0.05) is 6.07 Å². The second kappa shape index (κ2) is 7.78. The lowest BCUT2D eigenvalue weighted by Gasteiger charge is -2.34. The summed E-state index contributed by atoms with van der Waals surface area (Å²) in [5.41, 5.74) is -1.13. The number of carbonyl (C=O) groups is 1. The second-order valence-electron chi connectivity index (χ2n) is 5.98. The fourth-order valence-corrected chi connectivity index (χ4v) is 3.85. The maximum atomic E-state index is 12.8. The Bertz CT molecular complexity index is 817. The maximum absolute atomic E-state index is 12.8. The van der Waals surface area contributed by atoms with E-state index in [0.29, 0.717) is 13.0 Å². The predicted molar refractivity (Wildman–Crippen MR) is 83.8 cm³/mol. The molecule has 0 radical (unpaired) electrons. The number of hydrogen-bond donors (Lipinski definition) is 0. The number of ether oxygens (including phenoxy) is 1. The van der Waals surface area contributed by atoms with E-state index in [4.69, 9.17) is 0 Å². The lowest BCUT2D eigenvalue weighted by Crippen LogP contribution is -2.51. The van der Waals surface area contributed by atoms with Crippen LogP contribution in [0.25, 0.3) is 0 Å². The first-order chi connectivity index (χ1) is 12.7. The summed E-state index contributed by atoms with van der Waals surface area (Å²) in [5.74, 6) is 0. The Kier molecular flexibility index (Phi) is 6.19. The largest absolute Gasteiger partial charge is 0.437 e. The smallest absolute Gasteiger partial charge is 0.425 e. The summed E-state index contributed by atoms with van der Waals surface area (Å²) < 4.78 is 106. The van der Waals surface area contributed by atoms with Crippen LogP contribution in [-0.2, 0) is 20.9 Å². The van der Waals surface area contributed by atoms with Crippen molar-refractivity contribution in [2.45, 2.75) is 30.3 Å². The zero-order chi connectivity index (χ0) is 21.3. The van der Waals surface area contributed by atoms with Crippen molar-refractivity contribution in [3.63, 3.8) is 0 Å². The van der Waals surface area contributed by atoms with E-state index in [0.717, 1.165) is 27.4 Å². The molecule has 1 unspecified atom stereocenters. The molecule has 0 aromatic heterocycles. The topological polar surface area (TPSA) is 66.9 Å². The number of carbonyl (C=O) groups excluding carboxylic acids is 1. The van der Waals surface area contributed by atoms with Gasteiger partial charge >= 0.3 is 18.4 Å². The van der Waals surface area contributed by atoms with Crippen LogP contribution in [0.2, 0.25) is 0 Å². The van der Waals surface area contributed by atoms with Crippen molar-refractivity contribution in [3.8, 4) is 0 Å². The predicted octanol–water partition coefficient (Wildman–Crippen LogP) is 3.10. The number of halogens is 6. The summed E-state index contributed by atoms with van der Waals surface area (Å²) in [6.07, 6.45) is -13.0. The van der Waals surface area contributed by atoms with Crippen molar-refractivity contribution in [3.05, 3.63) is 29.8 Å². The first-order valence-corrected chi connectivity index (χ1v) is 9.36. The number of nitrogens with zero attached hydrogens (tertiary/aromatic N) is 2. The molecule has 2 rings (SSSR count). The van der Waals surface area contributed by atoms with Crippen LogP contribution in [0.5, 0.6) is 0 Å². The average molecular weight is 434 g/mol. The molecule has 0 N–H and O–H groups in total. The van der Waals surface area contributed by atoms with Gasteiger partial charge in [0.05, 0.1) is 10.5 Å².